The highest BCUT2D eigenvalue weighted by molar-refractivity contribution is 14.1. The van der Waals surface area contributed by atoms with Gasteiger partial charge in [0.2, 0.25) is 0 Å². The van der Waals surface area contributed by atoms with E-state index in [1.165, 1.54) is 5.56 Å². The first-order valence-electron chi connectivity index (χ1n) is 10.3. The lowest BCUT2D eigenvalue weighted by molar-refractivity contribution is 0.0480. The normalized spacial score (nSPS) is 19.8. The van der Waals surface area contributed by atoms with Crippen LogP contribution in [-0.4, -0.2) is 54.2 Å². The molecule has 6 heteroatoms. The number of urea groups is 1. The van der Waals surface area contributed by atoms with Crippen molar-refractivity contribution in [2.45, 2.75) is 39.3 Å². The highest BCUT2D eigenvalue weighted by Gasteiger charge is 2.31. The molecular formula is C23H30IN3O2. The van der Waals surface area contributed by atoms with E-state index in [9.17, 15) is 4.79 Å². The monoisotopic (exact) mass is 507 g/mol. The third kappa shape index (κ3) is 5.85. The van der Waals surface area contributed by atoms with Gasteiger partial charge in [-0.3, -0.25) is 4.90 Å². The minimum Gasteiger partial charge on any atom is -0.491 e. The van der Waals surface area contributed by atoms with E-state index < -0.39 is 0 Å². The maximum atomic E-state index is 12.6. The number of benzene rings is 2. The Morgan fingerprint density at radius 3 is 2.48 bits per heavy atom. The molecule has 2 amide bonds. The number of para-hydroxylation sites is 1. The Hall–Kier alpha value is -1.80. The number of hydrogen-bond donors (Lipinski definition) is 1. The molecule has 1 aliphatic rings. The molecule has 0 aromatic heterocycles. The Kier molecular flexibility index (Phi) is 7.77. The number of ether oxygens (including phenoxy) is 1. The molecule has 0 bridgehead atoms. The summed E-state index contributed by atoms with van der Waals surface area (Å²) in [5.41, 5.74) is 2.12. The van der Waals surface area contributed by atoms with Gasteiger partial charge in [0.05, 0.1) is 3.57 Å². The third-order valence-corrected chi connectivity index (χ3v) is 6.32. The number of nitrogens with zero attached hydrogens (tertiary/aromatic N) is 2. The van der Waals surface area contributed by atoms with Gasteiger partial charge in [-0.2, -0.15) is 0 Å². The first-order chi connectivity index (χ1) is 14.0. The molecule has 0 aliphatic carbocycles. The van der Waals surface area contributed by atoms with E-state index in [1.54, 1.807) is 0 Å². The van der Waals surface area contributed by atoms with Crippen molar-refractivity contribution in [1.29, 1.82) is 0 Å². The maximum Gasteiger partial charge on any atom is 0.321 e. The molecule has 1 fully saturated rings. The number of halogens is 1. The summed E-state index contributed by atoms with van der Waals surface area (Å²) < 4.78 is 7.23. The summed E-state index contributed by atoms with van der Waals surface area (Å²) in [6.07, 6.45) is 1.01. The summed E-state index contributed by atoms with van der Waals surface area (Å²) in [6, 6.07) is 16.6. The molecule has 0 saturated carbocycles. The number of carbonyl (C=O) groups is 1. The summed E-state index contributed by atoms with van der Waals surface area (Å²) in [5.74, 6) is 0.964. The molecule has 5 nitrogen and oxygen atoms in total. The van der Waals surface area contributed by atoms with Gasteiger partial charge in [-0.15, -0.1) is 0 Å². The molecule has 2 aromatic carbocycles. The van der Waals surface area contributed by atoms with Crippen LogP contribution in [0.5, 0.6) is 5.75 Å². The van der Waals surface area contributed by atoms with Crippen LogP contribution < -0.4 is 10.1 Å². The number of carbonyl (C=O) groups excluding carboxylic acids is 1. The van der Waals surface area contributed by atoms with Crippen LogP contribution in [0.4, 0.5) is 10.5 Å². The van der Waals surface area contributed by atoms with Crippen molar-refractivity contribution < 1.29 is 9.53 Å². The summed E-state index contributed by atoms with van der Waals surface area (Å²) in [5, 5.41) is 2.99. The van der Waals surface area contributed by atoms with Crippen molar-refractivity contribution in [1.82, 2.24) is 9.80 Å². The van der Waals surface area contributed by atoms with Gasteiger partial charge in [0.25, 0.3) is 0 Å². The first kappa shape index (κ1) is 21.9. The Morgan fingerprint density at radius 2 is 1.83 bits per heavy atom. The van der Waals surface area contributed by atoms with Crippen LogP contribution in [0, 0.1) is 3.57 Å². The number of rotatable bonds is 6. The fraction of sp³-hybridized carbons (Fsp3) is 0.435. The molecule has 1 aliphatic heterocycles. The molecule has 29 heavy (non-hydrogen) atoms. The zero-order valence-corrected chi connectivity index (χ0v) is 19.6. The topological polar surface area (TPSA) is 44.8 Å². The summed E-state index contributed by atoms with van der Waals surface area (Å²) >= 11 is 2.32. The van der Waals surface area contributed by atoms with Gasteiger partial charge in [0.1, 0.15) is 12.4 Å². The van der Waals surface area contributed by atoms with Crippen LogP contribution >= 0.6 is 22.6 Å². The predicted molar refractivity (Wildman–Crippen MR) is 127 cm³/mol. The largest absolute Gasteiger partial charge is 0.491 e. The lowest BCUT2D eigenvalue weighted by Gasteiger charge is -2.44. The van der Waals surface area contributed by atoms with E-state index in [0.29, 0.717) is 19.7 Å². The number of hydrogen-bond acceptors (Lipinski definition) is 3. The Balaban J connectivity index is 1.52. The fourth-order valence-corrected chi connectivity index (χ4v) is 4.32. The fourth-order valence-electron chi connectivity index (χ4n) is 3.83. The summed E-state index contributed by atoms with van der Waals surface area (Å²) in [7, 11) is 0. The molecule has 0 spiro atoms. The summed E-state index contributed by atoms with van der Waals surface area (Å²) in [6.45, 7) is 9.44. The van der Waals surface area contributed by atoms with E-state index in [2.05, 4.69) is 71.8 Å². The van der Waals surface area contributed by atoms with E-state index in [4.69, 9.17) is 4.74 Å². The maximum absolute atomic E-state index is 12.6. The van der Waals surface area contributed by atoms with Crippen LogP contribution in [0.2, 0.25) is 0 Å². The zero-order valence-electron chi connectivity index (χ0n) is 17.4. The van der Waals surface area contributed by atoms with Crippen molar-refractivity contribution in [2.24, 2.45) is 0 Å². The third-order valence-electron chi connectivity index (χ3n) is 5.42. The average Bonchev–Trinajstić information content (AvgIpc) is 2.71. The van der Waals surface area contributed by atoms with Gasteiger partial charge >= 0.3 is 6.03 Å². The molecule has 1 heterocycles. The van der Waals surface area contributed by atoms with Crippen LogP contribution in [0.3, 0.4) is 0 Å². The zero-order chi connectivity index (χ0) is 20.8. The number of piperazine rings is 1. The second kappa shape index (κ2) is 10.3. The van der Waals surface area contributed by atoms with E-state index in [0.717, 1.165) is 28.0 Å². The van der Waals surface area contributed by atoms with Crippen molar-refractivity contribution in [2.75, 3.05) is 31.6 Å². The standard InChI is InChI=1S/C23H30IN3O2/c1-4-19-10-11-21(24)22(14-19)29-13-12-27-17(2)15-26(16-18(27)3)23(28)25-20-8-6-5-7-9-20/h5-11,14,17-18H,4,12-13,15-16H2,1-3H3,(H,25,28)/t17-,18+. The number of nitrogens with one attached hydrogen (secondary N) is 1. The number of aryl methyl sites for hydroxylation is 1. The van der Waals surface area contributed by atoms with Crippen LogP contribution in [-0.2, 0) is 6.42 Å². The van der Waals surface area contributed by atoms with Crippen molar-refractivity contribution >= 4 is 34.3 Å². The Labute approximate surface area is 187 Å². The second-order valence-corrected chi connectivity index (χ2v) is 8.77. The van der Waals surface area contributed by atoms with Crippen LogP contribution in [0.1, 0.15) is 26.3 Å². The van der Waals surface area contributed by atoms with Gasteiger partial charge in [-0.1, -0.05) is 31.2 Å². The molecule has 1 saturated heterocycles. The van der Waals surface area contributed by atoms with Crippen LogP contribution in [0.25, 0.3) is 0 Å². The smallest absolute Gasteiger partial charge is 0.321 e. The van der Waals surface area contributed by atoms with Crippen LogP contribution in [0.15, 0.2) is 48.5 Å². The lowest BCUT2D eigenvalue weighted by Crippen LogP contribution is -2.59. The minimum absolute atomic E-state index is 0.0308. The highest BCUT2D eigenvalue weighted by atomic mass is 127. The van der Waals surface area contributed by atoms with Crippen molar-refractivity contribution in [3.05, 3.63) is 57.7 Å². The predicted octanol–water partition coefficient (Wildman–Crippen LogP) is 4.86. The summed E-state index contributed by atoms with van der Waals surface area (Å²) in [4.78, 5) is 17.0. The molecule has 0 unspecified atom stereocenters. The van der Waals surface area contributed by atoms with Gasteiger partial charge in [-0.25, -0.2) is 4.79 Å². The van der Waals surface area contributed by atoms with Gasteiger partial charge in [0, 0.05) is 37.4 Å². The molecule has 0 radical (unpaired) electrons. The first-order valence-corrected chi connectivity index (χ1v) is 11.3. The number of anilines is 1. The van der Waals surface area contributed by atoms with Gasteiger partial charge in [0.15, 0.2) is 0 Å². The molecule has 1 N–H and O–H groups in total. The molecule has 2 atom stereocenters. The van der Waals surface area contributed by atoms with E-state index in [1.807, 2.05) is 35.2 Å². The van der Waals surface area contributed by atoms with E-state index in [-0.39, 0.29) is 18.1 Å². The minimum atomic E-state index is -0.0308. The number of amides is 2. The molecular weight excluding hydrogens is 477 g/mol. The molecule has 3 rings (SSSR count). The van der Waals surface area contributed by atoms with E-state index >= 15 is 0 Å². The van der Waals surface area contributed by atoms with Gasteiger partial charge < -0.3 is 15.0 Å². The molecule has 156 valence electrons. The van der Waals surface area contributed by atoms with Crippen molar-refractivity contribution in [3.63, 3.8) is 0 Å². The second-order valence-electron chi connectivity index (χ2n) is 7.60. The van der Waals surface area contributed by atoms with Gasteiger partial charge in [-0.05, 0) is 72.7 Å². The average molecular weight is 507 g/mol. The molecule has 2 aromatic rings. The van der Waals surface area contributed by atoms with Crippen molar-refractivity contribution in [3.8, 4) is 5.75 Å². The Bertz CT molecular complexity index is 803. The quantitative estimate of drug-likeness (QED) is 0.569. The lowest BCUT2D eigenvalue weighted by atomic mass is 10.1. The highest BCUT2D eigenvalue weighted by Crippen LogP contribution is 2.23. The Morgan fingerprint density at radius 1 is 1.14 bits per heavy atom. The SMILES string of the molecule is CCc1ccc(I)c(OCCN2[C@H](C)CN(C(=O)Nc3ccccc3)C[C@@H]2C)c1.